The Morgan fingerprint density at radius 1 is 0.947 bits per heavy atom. The van der Waals surface area contributed by atoms with Crippen molar-refractivity contribution < 1.29 is 19.1 Å². The molecule has 0 atom stereocenters. The van der Waals surface area contributed by atoms with Gasteiger partial charge >= 0.3 is 0 Å². The summed E-state index contributed by atoms with van der Waals surface area (Å²) in [6.45, 7) is 2.36. The van der Waals surface area contributed by atoms with Gasteiger partial charge in [-0.05, 0) is 48.2 Å². The summed E-state index contributed by atoms with van der Waals surface area (Å²) in [7, 11) is 1.63. The van der Waals surface area contributed by atoms with Gasteiger partial charge in [0, 0.05) is 44.6 Å². The zero-order chi connectivity index (χ0) is 26.5. The lowest BCUT2D eigenvalue weighted by Crippen LogP contribution is -2.57. The predicted molar refractivity (Wildman–Crippen MR) is 147 cm³/mol. The molecule has 3 amide bonds. The Bertz CT molecular complexity index is 1300. The van der Waals surface area contributed by atoms with Gasteiger partial charge in [-0.15, -0.1) is 0 Å². The molecular formula is C30H34N4O4. The zero-order valence-electron chi connectivity index (χ0n) is 21.8. The van der Waals surface area contributed by atoms with Crippen LogP contribution < -0.4 is 10.2 Å². The number of benzene rings is 3. The number of hydrogen-bond donors (Lipinski definition) is 1. The monoisotopic (exact) mass is 514 g/mol. The van der Waals surface area contributed by atoms with Crippen LogP contribution in [-0.4, -0.2) is 79.6 Å². The minimum absolute atomic E-state index is 0.00947. The first-order valence-electron chi connectivity index (χ1n) is 13.2. The van der Waals surface area contributed by atoms with Crippen LogP contribution in [0.3, 0.4) is 0 Å². The number of rotatable bonds is 8. The van der Waals surface area contributed by atoms with E-state index in [0.29, 0.717) is 51.3 Å². The number of nitrogens with zero attached hydrogens (tertiary/aromatic N) is 3. The number of methoxy groups -OCH3 is 1. The third-order valence-corrected chi connectivity index (χ3v) is 7.66. The molecule has 0 aromatic heterocycles. The zero-order valence-corrected chi connectivity index (χ0v) is 21.8. The third-order valence-electron chi connectivity index (χ3n) is 7.66. The number of carbonyl (C=O) groups is 3. The third kappa shape index (κ3) is 4.96. The predicted octanol–water partition coefficient (Wildman–Crippen LogP) is 3.27. The van der Waals surface area contributed by atoms with Gasteiger partial charge in [0.05, 0.1) is 6.67 Å². The molecule has 0 aliphatic carbocycles. The summed E-state index contributed by atoms with van der Waals surface area (Å²) in [6.07, 6.45) is 1.73. The quantitative estimate of drug-likeness (QED) is 0.467. The van der Waals surface area contributed by atoms with Crippen LogP contribution >= 0.6 is 0 Å². The Kier molecular flexibility index (Phi) is 7.60. The first-order chi connectivity index (χ1) is 18.5. The number of amides is 3. The first kappa shape index (κ1) is 25.7. The van der Waals surface area contributed by atoms with E-state index in [9.17, 15) is 14.4 Å². The summed E-state index contributed by atoms with van der Waals surface area (Å²) in [4.78, 5) is 45.7. The molecule has 8 nitrogen and oxygen atoms in total. The average Bonchev–Trinajstić information content (AvgIpc) is 3.21. The number of anilines is 1. The van der Waals surface area contributed by atoms with Crippen LogP contribution in [0.15, 0.2) is 72.8 Å². The molecule has 0 radical (unpaired) electrons. The number of hydrogen-bond acceptors (Lipinski definition) is 5. The summed E-state index contributed by atoms with van der Waals surface area (Å²) in [6, 6.07) is 23.6. The standard InChI is InChI=1S/C30H34N4O4/c1-38-20-8-17-31-27(35)21-33-22-34(24-11-3-2-4-12-24)30(29(33)37)15-18-32(19-16-30)28(36)26-14-7-10-23-9-5-6-13-25(23)26/h2-7,9-14H,8,15-22H2,1H3,(H,31,35). The van der Waals surface area contributed by atoms with Crippen LogP contribution in [-0.2, 0) is 14.3 Å². The van der Waals surface area contributed by atoms with E-state index in [1.165, 1.54) is 0 Å². The van der Waals surface area contributed by atoms with Gasteiger partial charge in [-0.3, -0.25) is 14.4 Å². The molecule has 8 heteroatoms. The summed E-state index contributed by atoms with van der Waals surface area (Å²) in [5.74, 6) is -0.241. The molecule has 38 heavy (non-hydrogen) atoms. The second-order valence-electron chi connectivity index (χ2n) is 9.95. The van der Waals surface area contributed by atoms with Gasteiger partial charge in [0.15, 0.2) is 0 Å². The molecule has 198 valence electrons. The largest absolute Gasteiger partial charge is 0.385 e. The highest BCUT2D eigenvalue weighted by molar-refractivity contribution is 6.07. The van der Waals surface area contributed by atoms with E-state index in [1.807, 2.05) is 77.7 Å². The Hall–Kier alpha value is -3.91. The van der Waals surface area contributed by atoms with Crippen molar-refractivity contribution in [1.29, 1.82) is 0 Å². The van der Waals surface area contributed by atoms with Crippen LogP contribution in [0.4, 0.5) is 5.69 Å². The number of para-hydroxylation sites is 1. The Morgan fingerprint density at radius 2 is 1.66 bits per heavy atom. The van der Waals surface area contributed by atoms with E-state index < -0.39 is 5.54 Å². The van der Waals surface area contributed by atoms with E-state index in [-0.39, 0.29) is 24.3 Å². The highest BCUT2D eigenvalue weighted by atomic mass is 16.5. The molecule has 2 heterocycles. The minimum atomic E-state index is -0.785. The maximum Gasteiger partial charge on any atom is 0.254 e. The molecule has 2 aliphatic rings. The van der Waals surface area contributed by atoms with Crippen LogP contribution in [0, 0.1) is 0 Å². The highest BCUT2D eigenvalue weighted by Crippen LogP contribution is 2.39. The molecule has 3 aromatic rings. The molecular weight excluding hydrogens is 480 g/mol. The van der Waals surface area contributed by atoms with Crippen molar-refractivity contribution in [2.45, 2.75) is 24.8 Å². The van der Waals surface area contributed by atoms with Crippen molar-refractivity contribution in [2.24, 2.45) is 0 Å². The van der Waals surface area contributed by atoms with Gasteiger partial charge in [-0.1, -0.05) is 54.6 Å². The molecule has 1 spiro atoms. The molecule has 0 unspecified atom stereocenters. The maximum absolute atomic E-state index is 13.9. The number of likely N-dealkylation sites (tertiary alicyclic amines) is 1. The lowest BCUT2D eigenvalue weighted by atomic mass is 9.85. The molecule has 2 aliphatic heterocycles. The van der Waals surface area contributed by atoms with Crippen molar-refractivity contribution in [1.82, 2.24) is 15.1 Å². The molecule has 2 saturated heterocycles. The van der Waals surface area contributed by atoms with Crippen molar-refractivity contribution in [3.8, 4) is 0 Å². The van der Waals surface area contributed by atoms with Crippen molar-refractivity contribution in [3.63, 3.8) is 0 Å². The van der Waals surface area contributed by atoms with Crippen molar-refractivity contribution >= 4 is 34.2 Å². The van der Waals surface area contributed by atoms with Crippen LogP contribution in [0.25, 0.3) is 10.8 Å². The summed E-state index contributed by atoms with van der Waals surface area (Å²) >= 11 is 0. The van der Waals surface area contributed by atoms with E-state index >= 15 is 0 Å². The van der Waals surface area contributed by atoms with Gasteiger partial charge < -0.3 is 24.8 Å². The van der Waals surface area contributed by atoms with Gasteiger partial charge in [0.1, 0.15) is 12.1 Å². The Morgan fingerprint density at radius 3 is 2.42 bits per heavy atom. The number of carbonyl (C=O) groups excluding carboxylic acids is 3. The van der Waals surface area contributed by atoms with Crippen molar-refractivity contribution in [2.75, 3.05) is 51.5 Å². The van der Waals surface area contributed by atoms with E-state index in [2.05, 4.69) is 10.2 Å². The average molecular weight is 515 g/mol. The SMILES string of the molecule is COCCCNC(=O)CN1CN(c2ccccc2)C2(CCN(C(=O)c3cccc4ccccc34)CC2)C1=O. The maximum atomic E-state index is 13.9. The molecule has 5 rings (SSSR count). The van der Waals surface area contributed by atoms with E-state index in [4.69, 9.17) is 4.74 Å². The normalized spacial score (nSPS) is 16.9. The first-order valence-corrected chi connectivity index (χ1v) is 13.2. The van der Waals surface area contributed by atoms with Gasteiger partial charge in [0.25, 0.3) is 11.8 Å². The lowest BCUT2D eigenvalue weighted by Gasteiger charge is -2.43. The number of fused-ring (bicyclic) bond motifs is 1. The smallest absolute Gasteiger partial charge is 0.254 e. The fourth-order valence-corrected chi connectivity index (χ4v) is 5.66. The second kappa shape index (κ2) is 11.2. The molecule has 0 saturated carbocycles. The van der Waals surface area contributed by atoms with Gasteiger partial charge in [0.2, 0.25) is 5.91 Å². The van der Waals surface area contributed by atoms with Crippen molar-refractivity contribution in [3.05, 3.63) is 78.4 Å². The topological polar surface area (TPSA) is 82.2 Å². The number of nitrogens with one attached hydrogen (secondary N) is 1. The second-order valence-corrected chi connectivity index (χ2v) is 9.95. The molecule has 2 fully saturated rings. The summed E-state index contributed by atoms with van der Waals surface area (Å²) < 4.78 is 5.04. The summed E-state index contributed by atoms with van der Waals surface area (Å²) in [5.41, 5.74) is 0.842. The fraction of sp³-hybridized carbons (Fsp3) is 0.367. The Balaban J connectivity index is 1.33. The lowest BCUT2D eigenvalue weighted by molar-refractivity contribution is -0.137. The van der Waals surface area contributed by atoms with Crippen LogP contribution in [0.5, 0.6) is 0 Å². The van der Waals surface area contributed by atoms with E-state index in [0.717, 1.165) is 22.9 Å². The molecule has 1 N–H and O–H groups in total. The molecule has 0 bridgehead atoms. The Labute approximate surface area is 223 Å². The number of piperidine rings is 1. The van der Waals surface area contributed by atoms with Gasteiger partial charge in [-0.2, -0.15) is 0 Å². The highest BCUT2D eigenvalue weighted by Gasteiger charge is 2.54. The molecule has 3 aromatic carbocycles. The number of ether oxygens (including phenoxy) is 1. The van der Waals surface area contributed by atoms with Crippen LogP contribution in [0.1, 0.15) is 29.6 Å². The van der Waals surface area contributed by atoms with Crippen LogP contribution in [0.2, 0.25) is 0 Å². The fourth-order valence-electron chi connectivity index (χ4n) is 5.66. The summed E-state index contributed by atoms with van der Waals surface area (Å²) in [5, 5.41) is 4.85. The minimum Gasteiger partial charge on any atom is -0.385 e. The van der Waals surface area contributed by atoms with Gasteiger partial charge in [-0.25, -0.2) is 0 Å². The van der Waals surface area contributed by atoms with E-state index in [1.54, 1.807) is 12.0 Å².